The van der Waals surface area contributed by atoms with E-state index >= 15 is 0 Å². The van der Waals surface area contributed by atoms with Crippen molar-refractivity contribution in [2.75, 3.05) is 13.2 Å². The Hall–Kier alpha value is -1.39. The number of hydrogen-bond donors (Lipinski definition) is 10. The summed E-state index contributed by atoms with van der Waals surface area (Å²) in [4.78, 5) is 14.6. The van der Waals surface area contributed by atoms with Crippen molar-refractivity contribution in [3.63, 3.8) is 0 Å². The Bertz CT molecular complexity index is 1740. The van der Waals surface area contributed by atoms with E-state index < -0.39 is 117 Å². The fraction of sp³-hybridized carbons (Fsp3) is 0.936. The Morgan fingerprint density at radius 1 is 0.625 bits per heavy atom. The average molecular weight is 913 g/mol. The summed E-state index contributed by atoms with van der Waals surface area (Å²) >= 11 is 0. The lowest BCUT2D eigenvalue weighted by Crippen LogP contribution is -2.65. The lowest BCUT2D eigenvalue weighted by atomic mass is 9.38. The zero-order valence-corrected chi connectivity index (χ0v) is 38.5. The van der Waals surface area contributed by atoms with Crippen LogP contribution in [0.15, 0.2) is 11.1 Å². The Morgan fingerprint density at radius 2 is 1.22 bits per heavy atom. The van der Waals surface area contributed by atoms with Crippen LogP contribution in [0.25, 0.3) is 0 Å². The molecule has 8 rings (SSSR count). The van der Waals surface area contributed by atoms with Crippen LogP contribution in [0.4, 0.5) is 0 Å². The number of carbonyl (C=O) groups is 1. The van der Waals surface area contributed by atoms with Gasteiger partial charge in [0.1, 0.15) is 67.1 Å². The predicted octanol–water partition coefficient (Wildman–Crippen LogP) is 0.922. The van der Waals surface area contributed by atoms with Crippen LogP contribution in [-0.4, -0.2) is 168 Å². The number of carbonyl (C=O) groups excluding carboxylic acids is 1. The maximum atomic E-state index is 14.6. The monoisotopic (exact) mass is 913 g/mol. The summed E-state index contributed by atoms with van der Waals surface area (Å²) in [6.45, 7) is 14.2. The third kappa shape index (κ3) is 7.85. The van der Waals surface area contributed by atoms with Gasteiger partial charge in [-0.25, -0.2) is 0 Å². The van der Waals surface area contributed by atoms with Gasteiger partial charge in [0.05, 0.1) is 30.8 Å². The smallest absolute Gasteiger partial charge is 0.315 e. The number of hydrogen-bond acceptors (Lipinski definition) is 17. The minimum atomic E-state index is -1.69. The van der Waals surface area contributed by atoms with Crippen molar-refractivity contribution in [1.82, 2.24) is 0 Å². The van der Waals surface area contributed by atoms with Gasteiger partial charge in [0.2, 0.25) is 6.29 Å². The molecule has 3 saturated heterocycles. The van der Waals surface area contributed by atoms with Crippen molar-refractivity contribution in [2.24, 2.45) is 44.8 Å². The minimum absolute atomic E-state index is 0.0153. The first-order chi connectivity index (χ1) is 30.0. The van der Waals surface area contributed by atoms with Crippen LogP contribution < -0.4 is 0 Å². The quantitative estimate of drug-likeness (QED) is 0.0922. The van der Waals surface area contributed by atoms with Gasteiger partial charge in [0, 0.05) is 0 Å². The fourth-order valence-corrected chi connectivity index (χ4v) is 14.7. The highest BCUT2D eigenvalue weighted by molar-refractivity contribution is 5.79. The van der Waals surface area contributed by atoms with Crippen LogP contribution in [0.2, 0.25) is 0 Å². The topological polar surface area (TPSA) is 275 Å². The summed E-state index contributed by atoms with van der Waals surface area (Å²) in [7, 11) is 0. The summed E-state index contributed by atoms with van der Waals surface area (Å²) in [6, 6.07) is 0. The zero-order valence-electron chi connectivity index (χ0n) is 38.5. The van der Waals surface area contributed by atoms with E-state index in [2.05, 4.69) is 41.5 Å². The lowest BCUT2D eigenvalue weighted by Gasteiger charge is -2.67. The van der Waals surface area contributed by atoms with Crippen LogP contribution in [0, 0.1) is 44.8 Å². The minimum Gasteiger partial charge on any atom is -0.432 e. The summed E-state index contributed by atoms with van der Waals surface area (Å²) in [5.74, 6) is 0.0941. The number of ether oxygens (including phenoxy) is 6. The van der Waals surface area contributed by atoms with Crippen molar-refractivity contribution in [3.05, 3.63) is 11.1 Å². The van der Waals surface area contributed by atoms with Crippen LogP contribution in [-0.2, 0) is 33.2 Å². The molecule has 64 heavy (non-hydrogen) atoms. The van der Waals surface area contributed by atoms with Gasteiger partial charge in [0.25, 0.3) is 0 Å². The average Bonchev–Trinajstić information content (AvgIpc) is 3.24. The molecule has 5 aliphatic carbocycles. The van der Waals surface area contributed by atoms with E-state index in [9.17, 15) is 55.9 Å². The molecule has 0 spiro atoms. The van der Waals surface area contributed by atoms with Crippen LogP contribution in [0.3, 0.4) is 0 Å². The molecule has 3 aliphatic heterocycles. The van der Waals surface area contributed by atoms with Gasteiger partial charge in [-0.3, -0.25) is 4.79 Å². The molecule has 17 heteroatoms. The van der Waals surface area contributed by atoms with E-state index in [-0.39, 0.29) is 39.6 Å². The fourth-order valence-electron chi connectivity index (χ4n) is 14.7. The van der Waals surface area contributed by atoms with Crippen molar-refractivity contribution in [3.8, 4) is 0 Å². The summed E-state index contributed by atoms with van der Waals surface area (Å²) in [5, 5.41) is 105. The van der Waals surface area contributed by atoms with Gasteiger partial charge in [-0.1, -0.05) is 52.7 Å². The SMILES string of the molecule is C[C@H]1O[C@@H](O[C@H]2CC[C@]3(C)[C@H]4CCC5=C(CC[C@@]6(C(=O)O[C@@H]7O[C@H](CO)[C@@H](O)[C@H](O)[C@H]7O)CCC(C)(C)C[C@H]56)[C@]4(C)CC[C@H]3C2(C)C)[C@H](O)[C@@H](O)[C@@H]1O[C@@H]1O[C@H](CO)[C@@H](O)[C@H](O)[C@H]1O. The molecule has 6 fully saturated rings. The molecule has 0 amide bonds. The standard InChI is InChI=1S/C47H76O17/c1-21-38(63-40-35(55)32(52)30(50)25(19-48)60-40)34(54)37(57)39(59-21)62-29-12-14-46(7)27(44(29,4)5)11-13-45(6)23-10-15-47(17-16-43(2,3)18-24(47)22(23)8-9-28(45)46)42(58)64-41-36(56)33(53)31(51)26(20-49)61-41/h21,24-41,48-57H,8-20H2,1-7H3/t21-,24-,25-,26-,27+,28+,29+,30-,31-,32+,33+,34-,35-,36-,37-,38-,39+,40+,41+,45+,46+,47-/m1/s1. The van der Waals surface area contributed by atoms with Gasteiger partial charge < -0.3 is 79.5 Å². The Morgan fingerprint density at radius 3 is 1.86 bits per heavy atom. The number of aliphatic hydroxyl groups is 10. The van der Waals surface area contributed by atoms with E-state index in [1.54, 1.807) is 6.92 Å². The molecule has 0 aromatic rings. The third-order valence-electron chi connectivity index (χ3n) is 18.4. The van der Waals surface area contributed by atoms with E-state index in [1.165, 1.54) is 11.1 Å². The second kappa shape index (κ2) is 17.5. The zero-order chi connectivity index (χ0) is 46.6. The summed E-state index contributed by atoms with van der Waals surface area (Å²) < 4.78 is 35.8. The lowest BCUT2D eigenvalue weighted by molar-refractivity contribution is -0.364. The first-order valence-electron chi connectivity index (χ1n) is 23.8. The molecule has 0 aromatic heterocycles. The van der Waals surface area contributed by atoms with E-state index in [4.69, 9.17) is 28.4 Å². The highest BCUT2D eigenvalue weighted by atomic mass is 16.7. The summed E-state index contributed by atoms with van der Waals surface area (Å²) in [5.41, 5.74) is 1.48. The van der Waals surface area contributed by atoms with Gasteiger partial charge in [-0.2, -0.15) is 0 Å². The third-order valence-corrected chi connectivity index (χ3v) is 18.4. The number of esters is 1. The molecule has 0 bridgehead atoms. The summed E-state index contributed by atoms with van der Waals surface area (Å²) in [6.07, 6.45) is -12.9. The molecule has 10 N–H and O–H groups in total. The van der Waals surface area contributed by atoms with Crippen LogP contribution in [0.1, 0.15) is 119 Å². The van der Waals surface area contributed by atoms with Crippen molar-refractivity contribution in [1.29, 1.82) is 0 Å². The van der Waals surface area contributed by atoms with Crippen LogP contribution in [0.5, 0.6) is 0 Å². The van der Waals surface area contributed by atoms with Gasteiger partial charge in [-0.15, -0.1) is 0 Å². The Labute approximate surface area is 376 Å². The highest BCUT2D eigenvalue weighted by Crippen LogP contribution is 2.72. The van der Waals surface area contributed by atoms with E-state index in [0.717, 1.165) is 51.4 Å². The molecular formula is C47H76O17. The Balaban J connectivity index is 0.976. The normalized spacial score (nSPS) is 52.4. The van der Waals surface area contributed by atoms with Crippen molar-refractivity contribution < 1.29 is 84.3 Å². The number of rotatable bonds is 8. The second-order valence-electron chi connectivity index (χ2n) is 22.8. The molecule has 0 radical (unpaired) electrons. The molecule has 22 atom stereocenters. The van der Waals surface area contributed by atoms with E-state index in [0.29, 0.717) is 25.2 Å². The maximum absolute atomic E-state index is 14.6. The number of aliphatic hydroxyl groups excluding tert-OH is 10. The molecule has 17 nitrogen and oxygen atoms in total. The molecule has 3 saturated carbocycles. The van der Waals surface area contributed by atoms with Crippen molar-refractivity contribution >= 4 is 5.97 Å². The first-order valence-corrected chi connectivity index (χ1v) is 23.8. The molecule has 3 heterocycles. The first kappa shape index (κ1) is 49.0. The molecular weight excluding hydrogens is 836 g/mol. The number of fused-ring (bicyclic) bond motifs is 6. The predicted molar refractivity (Wildman–Crippen MR) is 224 cm³/mol. The molecule has 0 unspecified atom stereocenters. The Kier molecular flexibility index (Phi) is 13.4. The molecule has 8 aliphatic rings. The van der Waals surface area contributed by atoms with Gasteiger partial charge >= 0.3 is 5.97 Å². The maximum Gasteiger partial charge on any atom is 0.315 e. The van der Waals surface area contributed by atoms with Crippen molar-refractivity contribution in [2.45, 2.75) is 217 Å². The van der Waals surface area contributed by atoms with Crippen LogP contribution >= 0.6 is 0 Å². The largest absolute Gasteiger partial charge is 0.432 e. The van der Waals surface area contributed by atoms with E-state index in [1.807, 2.05) is 0 Å². The number of allylic oxidation sites excluding steroid dienone is 2. The second-order valence-corrected chi connectivity index (χ2v) is 22.8. The highest BCUT2D eigenvalue weighted by Gasteiger charge is 2.66. The van der Waals surface area contributed by atoms with Gasteiger partial charge in [0.15, 0.2) is 12.6 Å². The molecule has 0 aromatic carbocycles. The molecule has 366 valence electrons. The van der Waals surface area contributed by atoms with Gasteiger partial charge in [-0.05, 0) is 117 Å².